The molecule has 2 rings (SSSR count). The first-order valence-corrected chi connectivity index (χ1v) is 6.73. The number of halogens is 1. The van der Waals surface area contributed by atoms with E-state index in [1.807, 2.05) is 18.2 Å². The molecule has 4 heteroatoms. The van der Waals surface area contributed by atoms with Gasteiger partial charge in [-0.25, -0.2) is 0 Å². The van der Waals surface area contributed by atoms with Gasteiger partial charge in [0.25, 0.3) is 0 Å². The van der Waals surface area contributed by atoms with Crippen molar-refractivity contribution in [2.75, 3.05) is 25.0 Å². The van der Waals surface area contributed by atoms with Gasteiger partial charge in [0.2, 0.25) is 0 Å². The van der Waals surface area contributed by atoms with Crippen molar-refractivity contribution < 1.29 is 0 Å². The number of anilines is 1. The molecular formula is C13H16BrN3. The average molecular weight is 294 g/mol. The lowest BCUT2D eigenvalue weighted by Gasteiger charge is -2.23. The standard InChI is InChI=1S/C13H16BrN3/c14-12-6-10(7-15)3-4-13(12)17-9-11-2-1-5-16-8-11/h3-4,6,11,16-17H,1-2,5,8-9H2. The van der Waals surface area contributed by atoms with Crippen molar-refractivity contribution in [3.63, 3.8) is 0 Å². The monoisotopic (exact) mass is 293 g/mol. The van der Waals surface area contributed by atoms with Gasteiger partial charge in [-0.1, -0.05) is 0 Å². The Labute approximate surface area is 110 Å². The molecule has 90 valence electrons. The molecule has 0 amide bonds. The van der Waals surface area contributed by atoms with E-state index in [2.05, 4.69) is 32.6 Å². The van der Waals surface area contributed by atoms with E-state index < -0.39 is 0 Å². The Morgan fingerprint density at radius 2 is 2.41 bits per heavy atom. The first-order valence-electron chi connectivity index (χ1n) is 5.94. The van der Waals surface area contributed by atoms with Crippen LogP contribution in [-0.2, 0) is 0 Å². The van der Waals surface area contributed by atoms with Crippen molar-refractivity contribution in [1.29, 1.82) is 5.26 Å². The number of benzene rings is 1. The Bertz CT molecular complexity index is 419. The molecule has 0 aromatic heterocycles. The number of rotatable bonds is 3. The first-order chi connectivity index (χ1) is 8.29. The number of nitriles is 1. The van der Waals surface area contributed by atoms with Crippen molar-refractivity contribution in [1.82, 2.24) is 5.32 Å². The van der Waals surface area contributed by atoms with Gasteiger partial charge in [-0.15, -0.1) is 0 Å². The second-order valence-electron chi connectivity index (χ2n) is 4.40. The van der Waals surface area contributed by atoms with E-state index in [9.17, 15) is 0 Å². The minimum atomic E-state index is 0.682. The molecule has 1 atom stereocenters. The summed E-state index contributed by atoms with van der Waals surface area (Å²) in [7, 11) is 0. The Hall–Kier alpha value is -1.05. The molecule has 3 nitrogen and oxygen atoms in total. The third-order valence-corrected chi connectivity index (χ3v) is 3.73. The Kier molecular flexibility index (Phi) is 4.41. The van der Waals surface area contributed by atoms with E-state index >= 15 is 0 Å². The lowest BCUT2D eigenvalue weighted by Crippen LogP contribution is -2.33. The largest absolute Gasteiger partial charge is 0.384 e. The van der Waals surface area contributed by atoms with Crippen LogP contribution in [-0.4, -0.2) is 19.6 Å². The average Bonchev–Trinajstić information content (AvgIpc) is 2.38. The fourth-order valence-corrected chi connectivity index (χ4v) is 2.60. The fourth-order valence-electron chi connectivity index (χ4n) is 2.08. The first kappa shape index (κ1) is 12.4. The maximum absolute atomic E-state index is 8.79. The second-order valence-corrected chi connectivity index (χ2v) is 5.25. The van der Waals surface area contributed by atoms with Gasteiger partial charge in [0.05, 0.1) is 11.6 Å². The molecule has 17 heavy (non-hydrogen) atoms. The van der Waals surface area contributed by atoms with Crippen LogP contribution in [0.4, 0.5) is 5.69 Å². The molecule has 1 fully saturated rings. The van der Waals surface area contributed by atoms with Crippen LogP contribution in [0.15, 0.2) is 22.7 Å². The molecule has 0 spiro atoms. The smallest absolute Gasteiger partial charge is 0.0992 e. The number of piperidine rings is 1. The summed E-state index contributed by atoms with van der Waals surface area (Å²) in [6.07, 6.45) is 2.55. The summed E-state index contributed by atoms with van der Waals surface area (Å²) in [5, 5.41) is 15.6. The van der Waals surface area contributed by atoms with Crippen LogP contribution in [0.1, 0.15) is 18.4 Å². The molecule has 0 bridgehead atoms. The lowest BCUT2D eigenvalue weighted by molar-refractivity contribution is 0.393. The van der Waals surface area contributed by atoms with Crippen LogP contribution < -0.4 is 10.6 Å². The fraction of sp³-hybridized carbons (Fsp3) is 0.462. The molecule has 1 aliphatic heterocycles. The van der Waals surface area contributed by atoms with Crippen LogP contribution in [0.25, 0.3) is 0 Å². The quantitative estimate of drug-likeness (QED) is 0.901. The minimum absolute atomic E-state index is 0.682. The Morgan fingerprint density at radius 1 is 1.53 bits per heavy atom. The highest BCUT2D eigenvalue weighted by Crippen LogP contribution is 2.24. The number of nitrogens with zero attached hydrogens (tertiary/aromatic N) is 1. The zero-order valence-corrected chi connectivity index (χ0v) is 11.3. The Morgan fingerprint density at radius 3 is 3.06 bits per heavy atom. The van der Waals surface area contributed by atoms with Gasteiger partial charge < -0.3 is 10.6 Å². The van der Waals surface area contributed by atoms with Crippen molar-refractivity contribution in [2.45, 2.75) is 12.8 Å². The van der Waals surface area contributed by atoms with E-state index in [0.717, 1.165) is 29.8 Å². The molecule has 1 aromatic carbocycles. The molecule has 0 radical (unpaired) electrons. The lowest BCUT2D eigenvalue weighted by atomic mass is 10.00. The predicted molar refractivity (Wildman–Crippen MR) is 72.9 cm³/mol. The van der Waals surface area contributed by atoms with Crippen LogP contribution in [0.5, 0.6) is 0 Å². The molecular weight excluding hydrogens is 278 g/mol. The summed E-state index contributed by atoms with van der Waals surface area (Å²) in [5.41, 5.74) is 1.75. The highest BCUT2D eigenvalue weighted by Gasteiger charge is 2.12. The van der Waals surface area contributed by atoms with Gasteiger partial charge in [0.1, 0.15) is 0 Å². The maximum atomic E-state index is 8.79. The van der Waals surface area contributed by atoms with Gasteiger partial charge in [-0.3, -0.25) is 0 Å². The molecule has 1 heterocycles. The predicted octanol–water partition coefficient (Wildman–Crippen LogP) is 2.73. The normalized spacial score (nSPS) is 19.6. The summed E-state index contributed by atoms with van der Waals surface area (Å²) < 4.78 is 0.959. The van der Waals surface area contributed by atoms with Crippen LogP contribution >= 0.6 is 15.9 Å². The summed E-state index contributed by atoms with van der Waals surface area (Å²) in [4.78, 5) is 0. The second kappa shape index (κ2) is 6.04. The van der Waals surface area contributed by atoms with Crippen molar-refractivity contribution in [3.8, 4) is 6.07 Å². The third kappa shape index (κ3) is 3.45. The highest BCUT2D eigenvalue weighted by molar-refractivity contribution is 9.10. The van der Waals surface area contributed by atoms with Gasteiger partial charge in [-0.2, -0.15) is 5.26 Å². The highest BCUT2D eigenvalue weighted by atomic mass is 79.9. The molecule has 0 saturated carbocycles. The SMILES string of the molecule is N#Cc1ccc(NCC2CCCNC2)c(Br)c1. The van der Waals surface area contributed by atoms with Crippen molar-refractivity contribution in [3.05, 3.63) is 28.2 Å². The summed E-state index contributed by atoms with van der Waals surface area (Å²) in [6.45, 7) is 3.23. The number of hydrogen-bond donors (Lipinski definition) is 2. The van der Waals surface area contributed by atoms with Gasteiger partial charge >= 0.3 is 0 Å². The van der Waals surface area contributed by atoms with Crippen LogP contribution in [0.2, 0.25) is 0 Å². The van der Waals surface area contributed by atoms with Gasteiger partial charge in [-0.05, 0) is 66.0 Å². The van der Waals surface area contributed by atoms with Crippen molar-refractivity contribution in [2.24, 2.45) is 5.92 Å². The van der Waals surface area contributed by atoms with E-state index in [-0.39, 0.29) is 0 Å². The minimum Gasteiger partial charge on any atom is -0.384 e. The summed E-state index contributed by atoms with van der Waals surface area (Å²) in [5.74, 6) is 0.700. The number of nitrogens with one attached hydrogen (secondary N) is 2. The van der Waals surface area contributed by atoms with Gasteiger partial charge in [0.15, 0.2) is 0 Å². The topological polar surface area (TPSA) is 47.9 Å². The zero-order chi connectivity index (χ0) is 12.1. The Balaban J connectivity index is 1.92. The molecule has 1 unspecified atom stereocenters. The maximum Gasteiger partial charge on any atom is 0.0992 e. The summed E-state index contributed by atoms with van der Waals surface area (Å²) in [6, 6.07) is 7.78. The van der Waals surface area contributed by atoms with E-state index in [1.54, 1.807) is 0 Å². The van der Waals surface area contributed by atoms with Crippen LogP contribution in [0.3, 0.4) is 0 Å². The molecule has 1 aromatic rings. The molecule has 0 aliphatic carbocycles. The van der Waals surface area contributed by atoms with Crippen molar-refractivity contribution >= 4 is 21.6 Å². The molecule has 1 aliphatic rings. The third-order valence-electron chi connectivity index (χ3n) is 3.08. The molecule has 2 N–H and O–H groups in total. The zero-order valence-electron chi connectivity index (χ0n) is 9.67. The van der Waals surface area contributed by atoms with Gasteiger partial charge in [0, 0.05) is 16.7 Å². The molecule has 1 saturated heterocycles. The van der Waals surface area contributed by atoms with E-state index in [0.29, 0.717) is 11.5 Å². The summed E-state index contributed by atoms with van der Waals surface area (Å²) >= 11 is 3.48. The van der Waals surface area contributed by atoms with E-state index in [4.69, 9.17) is 5.26 Å². The number of hydrogen-bond acceptors (Lipinski definition) is 3. The van der Waals surface area contributed by atoms with Crippen LogP contribution in [0, 0.1) is 17.2 Å². The van der Waals surface area contributed by atoms with E-state index in [1.165, 1.54) is 12.8 Å².